The molecule has 1 amide bonds. The Morgan fingerprint density at radius 2 is 2.07 bits per heavy atom. The molecule has 1 aliphatic rings. The molecule has 7 heteroatoms. The monoisotopic (exact) mass is 377 g/mol. The fourth-order valence-corrected chi connectivity index (χ4v) is 3.56. The van der Waals surface area contributed by atoms with E-state index >= 15 is 0 Å². The average molecular weight is 377 g/mol. The standard InChI is InChI=1S/C21H23N5O2/c1-2-28-20-8-7-16(26-13-23-24-14-26)11-19(20)25-21(27)18-6-4-3-5-17(18)15-9-10-22-12-15/h3-8,11,13-15,22H,2,9-10,12H2,1H3,(H,25,27)/t15-/m0/s1. The van der Waals surface area contributed by atoms with Gasteiger partial charge in [0.25, 0.3) is 5.91 Å². The SMILES string of the molecule is CCOc1ccc(-n2cnnc2)cc1NC(=O)c1ccccc1[C@H]1CCNC1. The first-order valence-corrected chi connectivity index (χ1v) is 9.49. The van der Waals surface area contributed by atoms with Crippen LogP contribution in [0.1, 0.15) is 35.2 Å². The molecule has 3 aromatic rings. The third-order valence-corrected chi connectivity index (χ3v) is 4.93. The van der Waals surface area contributed by atoms with Crippen LogP contribution in [-0.2, 0) is 0 Å². The highest BCUT2D eigenvalue weighted by molar-refractivity contribution is 6.06. The highest BCUT2D eigenvalue weighted by Gasteiger charge is 2.22. The van der Waals surface area contributed by atoms with Crippen molar-refractivity contribution in [3.05, 3.63) is 66.2 Å². The fourth-order valence-electron chi connectivity index (χ4n) is 3.56. The molecule has 0 aliphatic carbocycles. The van der Waals surface area contributed by atoms with Crippen molar-refractivity contribution in [2.75, 3.05) is 25.0 Å². The van der Waals surface area contributed by atoms with E-state index in [9.17, 15) is 4.79 Å². The normalized spacial score (nSPS) is 16.1. The number of benzene rings is 2. The van der Waals surface area contributed by atoms with E-state index in [4.69, 9.17) is 4.74 Å². The molecule has 0 radical (unpaired) electrons. The van der Waals surface area contributed by atoms with Gasteiger partial charge in [0.05, 0.1) is 18.0 Å². The molecule has 144 valence electrons. The van der Waals surface area contributed by atoms with Gasteiger partial charge in [-0.3, -0.25) is 9.36 Å². The number of hydrogen-bond donors (Lipinski definition) is 2. The molecule has 0 unspecified atom stereocenters. The zero-order valence-electron chi connectivity index (χ0n) is 15.8. The summed E-state index contributed by atoms with van der Waals surface area (Å²) in [5, 5.41) is 14.1. The van der Waals surface area contributed by atoms with Crippen LogP contribution in [-0.4, -0.2) is 40.4 Å². The van der Waals surface area contributed by atoms with Crippen molar-refractivity contribution >= 4 is 11.6 Å². The summed E-state index contributed by atoms with van der Waals surface area (Å²) in [4.78, 5) is 13.1. The molecule has 28 heavy (non-hydrogen) atoms. The van der Waals surface area contributed by atoms with Gasteiger partial charge in [-0.2, -0.15) is 0 Å². The predicted molar refractivity (Wildman–Crippen MR) is 107 cm³/mol. The third-order valence-electron chi connectivity index (χ3n) is 4.93. The van der Waals surface area contributed by atoms with Gasteiger partial charge >= 0.3 is 0 Å². The predicted octanol–water partition coefficient (Wildman–Crippen LogP) is 3.00. The summed E-state index contributed by atoms with van der Waals surface area (Å²) < 4.78 is 7.49. The third kappa shape index (κ3) is 3.75. The zero-order chi connectivity index (χ0) is 19.3. The summed E-state index contributed by atoms with van der Waals surface area (Å²) in [6.07, 6.45) is 4.27. The van der Waals surface area contributed by atoms with Gasteiger partial charge in [0.1, 0.15) is 18.4 Å². The highest BCUT2D eigenvalue weighted by atomic mass is 16.5. The topological polar surface area (TPSA) is 81.1 Å². The van der Waals surface area contributed by atoms with E-state index in [1.54, 1.807) is 17.2 Å². The van der Waals surface area contributed by atoms with Crippen LogP contribution in [0, 0.1) is 0 Å². The van der Waals surface area contributed by atoms with Gasteiger partial charge in [-0.05, 0) is 55.6 Å². The van der Waals surface area contributed by atoms with Crippen molar-refractivity contribution in [1.82, 2.24) is 20.1 Å². The fraction of sp³-hybridized carbons (Fsp3) is 0.286. The molecule has 1 aromatic heterocycles. The van der Waals surface area contributed by atoms with Crippen LogP contribution in [0.25, 0.3) is 5.69 Å². The van der Waals surface area contributed by atoms with E-state index in [1.165, 1.54) is 0 Å². The van der Waals surface area contributed by atoms with E-state index in [-0.39, 0.29) is 5.91 Å². The number of carbonyl (C=O) groups excluding carboxylic acids is 1. The van der Waals surface area contributed by atoms with Gasteiger partial charge in [-0.1, -0.05) is 18.2 Å². The second-order valence-electron chi connectivity index (χ2n) is 6.71. The largest absolute Gasteiger partial charge is 0.492 e. The molecule has 0 saturated carbocycles. The van der Waals surface area contributed by atoms with Crippen LogP contribution >= 0.6 is 0 Å². The maximum absolute atomic E-state index is 13.1. The number of aromatic nitrogens is 3. The van der Waals surface area contributed by atoms with Gasteiger partial charge < -0.3 is 15.4 Å². The minimum absolute atomic E-state index is 0.135. The maximum Gasteiger partial charge on any atom is 0.256 e. The molecule has 1 aliphatic heterocycles. The molecular weight excluding hydrogens is 354 g/mol. The Labute approximate surface area is 163 Å². The van der Waals surface area contributed by atoms with E-state index in [0.29, 0.717) is 29.5 Å². The van der Waals surface area contributed by atoms with Gasteiger partial charge in [-0.15, -0.1) is 10.2 Å². The summed E-state index contributed by atoms with van der Waals surface area (Å²) >= 11 is 0. The van der Waals surface area contributed by atoms with E-state index in [2.05, 4.69) is 20.8 Å². The quantitative estimate of drug-likeness (QED) is 0.690. The minimum Gasteiger partial charge on any atom is -0.492 e. The minimum atomic E-state index is -0.135. The van der Waals surface area contributed by atoms with Gasteiger partial charge in [0.2, 0.25) is 0 Å². The van der Waals surface area contributed by atoms with Crippen molar-refractivity contribution in [3.63, 3.8) is 0 Å². The summed E-state index contributed by atoms with van der Waals surface area (Å²) in [6, 6.07) is 13.4. The van der Waals surface area contributed by atoms with Gasteiger partial charge in [0, 0.05) is 12.1 Å². The molecule has 1 fully saturated rings. The van der Waals surface area contributed by atoms with Crippen LogP contribution in [0.2, 0.25) is 0 Å². The highest BCUT2D eigenvalue weighted by Crippen LogP contribution is 2.30. The van der Waals surface area contributed by atoms with Crippen molar-refractivity contribution in [1.29, 1.82) is 0 Å². The van der Waals surface area contributed by atoms with Crippen LogP contribution in [0.5, 0.6) is 5.75 Å². The molecule has 0 spiro atoms. The molecule has 7 nitrogen and oxygen atoms in total. The van der Waals surface area contributed by atoms with Crippen molar-refractivity contribution < 1.29 is 9.53 Å². The zero-order valence-corrected chi connectivity index (χ0v) is 15.8. The van der Waals surface area contributed by atoms with Crippen LogP contribution in [0.3, 0.4) is 0 Å². The smallest absolute Gasteiger partial charge is 0.256 e. The Balaban J connectivity index is 1.65. The number of anilines is 1. The lowest BCUT2D eigenvalue weighted by molar-refractivity contribution is 0.102. The first-order valence-electron chi connectivity index (χ1n) is 9.49. The second kappa shape index (κ2) is 8.22. The van der Waals surface area contributed by atoms with Crippen LogP contribution < -0.4 is 15.4 Å². The summed E-state index contributed by atoms with van der Waals surface area (Å²) in [5.41, 5.74) is 3.25. The Kier molecular flexibility index (Phi) is 5.34. The lowest BCUT2D eigenvalue weighted by Gasteiger charge is -2.17. The first-order chi connectivity index (χ1) is 13.8. The van der Waals surface area contributed by atoms with E-state index in [0.717, 1.165) is 30.8 Å². The van der Waals surface area contributed by atoms with E-state index < -0.39 is 0 Å². The molecule has 2 heterocycles. The first kappa shape index (κ1) is 18.2. The van der Waals surface area contributed by atoms with Crippen molar-refractivity contribution in [3.8, 4) is 11.4 Å². The number of nitrogens with zero attached hydrogens (tertiary/aromatic N) is 3. The lowest BCUT2D eigenvalue weighted by Crippen LogP contribution is -2.17. The summed E-state index contributed by atoms with van der Waals surface area (Å²) in [7, 11) is 0. The molecule has 1 saturated heterocycles. The van der Waals surface area contributed by atoms with Crippen molar-refractivity contribution in [2.24, 2.45) is 0 Å². The second-order valence-corrected chi connectivity index (χ2v) is 6.71. The maximum atomic E-state index is 13.1. The van der Waals surface area contributed by atoms with Gasteiger partial charge in [-0.25, -0.2) is 0 Å². The Hall–Kier alpha value is -3.19. The summed E-state index contributed by atoms with van der Waals surface area (Å²) in [5.74, 6) is 0.855. The molecule has 1 atom stereocenters. The summed E-state index contributed by atoms with van der Waals surface area (Å²) in [6.45, 7) is 4.31. The molecule has 4 rings (SSSR count). The van der Waals surface area contributed by atoms with Crippen LogP contribution in [0.4, 0.5) is 5.69 Å². The molecule has 2 aromatic carbocycles. The number of hydrogen-bond acceptors (Lipinski definition) is 5. The number of carbonyl (C=O) groups is 1. The van der Waals surface area contributed by atoms with E-state index in [1.807, 2.05) is 49.4 Å². The van der Waals surface area contributed by atoms with Crippen LogP contribution in [0.15, 0.2) is 55.1 Å². The molecular formula is C21H23N5O2. The molecule has 0 bridgehead atoms. The average Bonchev–Trinajstić information content (AvgIpc) is 3.44. The Bertz CT molecular complexity index is 949. The number of rotatable bonds is 6. The Morgan fingerprint density at radius 3 is 2.82 bits per heavy atom. The number of amides is 1. The Morgan fingerprint density at radius 1 is 1.25 bits per heavy atom. The van der Waals surface area contributed by atoms with Gasteiger partial charge in [0.15, 0.2) is 0 Å². The molecule has 2 N–H and O–H groups in total. The number of nitrogens with one attached hydrogen (secondary N) is 2. The van der Waals surface area contributed by atoms with Crippen molar-refractivity contribution in [2.45, 2.75) is 19.3 Å². The lowest BCUT2D eigenvalue weighted by atomic mass is 9.93. The number of ether oxygens (including phenoxy) is 1.